The molecule has 0 aliphatic carbocycles. The van der Waals surface area contributed by atoms with Crippen molar-refractivity contribution in [1.29, 1.82) is 0 Å². The van der Waals surface area contributed by atoms with Crippen LogP contribution in [0.2, 0.25) is 5.02 Å². The minimum absolute atomic E-state index is 0.255. The molecule has 6 heteroatoms. The maximum atomic E-state index is 12.2. The fourth-order valence-corrected chi connectivity index (χ4v) is 3.36. The van der Waals surface area contributed by atoms with Gasteiger partial charge in [0.2, 0.25) is 0 Å². The molecule has 2 aromatic rings. The van der Waals surface area contributed by atoms with Crippen LogP contribution in [0, 0.1) is 0 Å². The molecule has 0 bridgehead atoms. The van der Waals surface area contributed by atoms with Gasteiger partial charge in [0.1, 0.15) is 0 Å². The number of hydrogen-bond acceptors (Lipinski definition) is 4. The fourth-order valence-electron chi connectivity index (χ4n) is 2.47. The van der Waals surface area contributed by atoms with Crippen LogP contribution in [0.3, 0.4) is 0 Å². The van der Waals surface area contributed by atoms with E-state index in [1.54, 1.807) is 23.9 Å². The lowest BCUT2D eigenvalue weighted by molar-refractivity contribution is -0.130. The van der Waals surface area contributed by atoms with Crippen LogP contribution < -0.4 is 5.32 Å². The summed E-state index contributed by atoms with van der Waals surface area (Å²) in [5, 5.41) is 3.52. The van der Waals surface area contributed by atoms with E-state index in [1.165, 1.54) is 0 Å². The highest BCUT2D eigenvalue weighted by Gasteiger charge is 2.30. The largest absolute Gasteiger partial charge is 0.448 e. The number of hydrogen-bond donors (Lipinski definition) is 1. The Hall–Kier alpha value is -1.98. The summed E-state index contributed by atoms with van der Waals surface area (Å²) in [6, 6.07) is 14.8. The number of amides is 1. The predicted octanol–water partition coefficient (Wildman–Crippen LogP) is 3.33. The van der Waals surface area contributed by atoms with Crippen LogP contribution in [0.15, 0.2) is 53.4 Å². The normalized spacial score (nSPS) is 16.2. The second kappa shape index (κ2) is 7.73. The lowest BCUT2D eigenvalue weighted by atomic mass is 9.98. The summed E-state index contributed by atoms with van der Waals surface area (Å²) < 4.78 is 5.23. The maximum Gasteiger partial charge on any atom is 0.339 e. The van der Waals surface area contributed by atoms with Crippen LogP contribution in [0.1, 0.15) is 15.9 Å². The zero-order chi connectivity index (χ0) is 16.9. The number of benzene rings is 2. The van der Waals surface area contributed by atoms with Gasteiger partial charge in [0.15, 0.2) is 6.10 Å². The van der Waals surface area contributed by atoms with Gasteiger partial charge in [-0.15, -0.1) is 11.8 Å². The molecular formula is C18H16ClNO3S. The smallest absolute Gasteiger partial charge is 0.339 e. The van der Waals surface area contributed by atoms with E-state index in [1.807, 2.05) is 36.4 Å². The van der Waals surface area contributed by atoms with Gasteiger partial charge in [-0.3, -0.25) is 4.79 Å². The van der Waals surface area contributed by atoms with E-state index >= 15 is 0 Å². The molecule has 4 nitrogen and oxygen atoms in total. The van der Waals surface area contributed by atoms with Crippen molar-refractivity contribution in [1.82, 2.24) is 5.32 Å². The molecule has 1 aliphatic heterocycles. The van der Waals surface area contributed by atoms with Crippen molar-refractivity contribution < 1.29 is 14.3 Å². The second-order valence-electron chi connectivity index (χ2n) is 5.35. The predicted molar refractivity (Wildman–Crippen MR) is 94.5 cm³/mol. The standard InChI is InChI=1S/C18H16ClNO3S/c19-13-5-7-14(8-6-13)24-10-9-20-17(21)16-11-12-3-1-2-4-15(12)18(22)23-16/h1-8,16H,9-11H2,(H,20,21). The van der Waals surface area contributed by atoms with Gasteiger partial charge in [0.05, 0.1) is 5.56 Å². The summed E-state index contributed by atoms with van der Waals surface area (Å²) in [5.41, 5.74) is 1.39. The van der Waals surface area contributed by atoms with Crippen molar-refractivity contribution in [3.8, 4) is 0 Å². The van der Waals surface area contributed by atoms with Crippen molar-refractivity contribution in [3.63, 3.8) is 0 Å². The second-order valence-corrected chi connectivity index (χ2v) is 6.95. The fraction of sp³-hybridized carbons (Fsp3) is 0.222. The highest BCUT2D eigenvalue weighted by molar-refractivity contribution is 7.99. The van der Waals surface area contributed by atoms with Gasteiger partial charge in [0, 0.05) is 28.6 Å². The zero-order valence-corrected chi connectivity index (χ0v) is 14.4. The first-order valence-corrected chi connectivity index (χ1v) is 8.95. The lowest BCUT2D eigenvalue weighted by Crippen LogP contribution is -2.42. The van der Waals surface area contributed by atoms with Gasteiger partial charge in [-0.1, -0.05) is 29.8 Å². The molecule has 0 saturated carbocycles. The number of carbonyl (C=O) groups is 2. The van der Waals surface area contributed by atoms with E-state index in [0.29, 0.717) is 23.6 Å². The Bertz CT molecular complexity index is 748. The van der Waals surface area contributed by atoms with E-state index in [0.717, 1.165) is 16.2 Å². The van der Waals surface area contributed by atoms with Crippen LogP contribution in [-0.4, -0.2) is 30.3 Å². The van der Waals surface area contributed by atoms with Crippen molar-refractivity contribution in [2.75, 3.05) is 12.3 Å². The quantitative estimate of drug-likeness (QED) is 0.504. The van der Waals surface area contributed by atoms with E-state index in [-0.39, 0.29) is 5.91 Å². The van der Waals surface area contributed by atoms with Gasteiger partial charge < -0.3 is 10.1 Å². The first kappa shape index (κ1) is 16.9. The van der Waals surface area contributed by atoms with Crippen molar-refractivity contribution in [3.05, 3.63) is 64.7 Å². The summed E-state index contributed by atoms with van der Waals surface area (Å²) in [4.78, 5) is 25.2. The van der Waals surface area contributed by atoms with Gasteiger partial charge in [0.25, 0.3) is 5.91 Å². The summed E-state index contributed by atoms with van der Waals surface area (Å²) in [6.45, 7) is 0.502. The number of halogens is 1. The van der Waals surface area contributed by atoms with Crippen molar-refractivity contribution >= 4 is 35.2 Å². The molecule has 0 saturated heterocycles. The number of rotatable bonds is 5. The van der Waals surface area contributed by atoms with Crippen LogP contribution in [-0.2, 0) is 16.0 Å². The Morgan fingerprint density at radius 2 is 1.96 bits per heavy atom. The number of fused-ring (bicyclic) bond motifs is 1. The molecule has 1 heterocycles. The number of nitrogens with one attached hydrogen (secondary N) is 1. The number of cyclic esters (lactones) is 1. The molecular weight excluding hydrogens is 346 g/mol. The van der Waals surface area contributed by atoms with E-state index in [4.69, 9.17) is 16.3 Å². The van der Waals surface area contributed by atoms with E-state index < -0.39 is 12.1 Å². The Morgan fingerprint density at radius 1 is 1.21 bits per heavy atom. The van der Waals surface area contributed by atoms with Crippen LogP contribution in [0.5, 0.6) is 0 Å². The molecule has 0 spiro atoms. The molecule has 2 aromatic carbocycles. The summed E-state index contributed by atoms with van der Waals surface area (Å²) in [6.07, 6.45) is -0.342. The Morgan fingerprint density at radius 3 is 2.75 bits per heavy atom. The Labute approximate surface area is 149 Å². The van der Waals surface area contributed by atoms with Crippen LogP contribution >= 0.6 is 23.4 Å². The van der Waals surface area contributed by atoms with E-state index in [9.17, 15) is 9.59 Å². The van der Waals surface area contributed by atoms with E-state index in [2.05, 4.69) is 5.32 Å². The highest BCUT2D eigenvalue weighted by atomic mass is 35.5. The van der Waals surface area contributed by atoms with Crippen LogP contribution in [0.4, 0.5) is 0 Å². The number of esters is 1. The third-order valence-electron chi connectivity index (χ3n) is 3.67. The number of thioether (sulfide) groups is 1. The molecule has 1 N–H and O–H groups in total. The Balaban J connectivity index is 1.47. The summed E-state index contributed by atoms with van der Waals surface area (Å²) in [7, 11) is 0. The zero-order valence-electron chi connectivity index (χ0n) is 12.8. The molecule has 24 heavy (non-hydrogen) atoms. The highest BCUT2D eigenvalue weighted by Crippen LogP contribution is 2.21. The summed E-state index contributed by atoms with van der Waals surface area (Å²) in [5.74, 6) is 0.0343. The third-order valence-corrected chi connectivity index (χ3v) is 4.93. The average molecular weight is 362 g/mol. The monoisotopic (exact) mass is 361 g/mol. The molecule has 1 amide bonds. The molecule has 1 aliphatic rings. The van der Waals surface area contributed by atoms with Crippen LogP contribution in [0.25, 0.3) is 0 Å². The first-order chi connectivity index (χ1) is 11.6. The third kappa shape index (κ3) is 4.10. The SMILES string of the molecule is O=C1OC(C(=O)NCCSc2ccc(Cl)cc2)Cc2ccccc21. The van der Waals surface area contributed by atoms with Gasteiger partial charge >= 0.3 is 5.97 Å². The molecule has 1 unspecified atom stereocenters. The minimum atomic E-state index is -0.757. The molecule has 0 fully saturated rings. The van der Waals surface area contributed by atoms with Crippen molar-refractivity contribution in [2.45, 2.75) is 17.4 Å². The lowest BCUT2D eigenvalue weighted by Gasteiger charge is -2.23. The topological polar surface area (TPSA) is 55.4 Å². The molecule has 1 atom stereocenters. The molecule has 124 valence electrons. The number of ether oxygens (including phenoxy) is 1. The van der Waals surface area contributed by atoms with Crippen molar-refractivity contribution in [2.24, 2.45) is 0 Å². The minimum Gasteiger partial charge on any atom is -0.448 e. The average Bonchev–Trinajstić information content (AvgIpc) is 2.60. The van der Waals surface area contributed by atoms with Gasteiger partial charge in [-0.25, -0.2) is 4.79 Å². The van der Waals surface area contributed by atoms with Gasteiger partial charge in [-0.2, -0.15) is 0 Å². The molecule has 0 aromatic heterocycles. The number of carbonyl (C=O) groups excluding carboxylic acids is 2. The van der Waals surface area contributed by atoms with Gasteiger partial charge in [-0.05, 0) is 35.9 Å². The summed E-state index contributed by atoms with van der Waals surface area (Å²) >= 11 is 7.47. The molecule has 0 radical (unpaired) electrons. The first-order valence-electron chi connectivity index (χ1n) is 7.58. The molecule has 3 rings (SSSR count). The maximum absolute atomic E-state index is 12.2. The Kier molecular flexibility index (Phi) is 5.43.